The number of esters is 1. The van der Waals surface area contributed by atoms with Crippen LogP contribution in [0.25, 0.3) is 22.5 Å². The molecule has 2 aromatic heterocycles. The fourth-order valence-electron chi connectivity index (χ4n) is 2.33. The number of fused-ring (bicyclic) bond motifs is 1. The number of furan rings is 1. The molecule has 0 amide bonds. The molecule has 0 aliphatic rings. The lowest BCUT2D eigenvalue weighted by molar-refractivity contribution is -0.137. The van der Waals surface area contributed by atoms with Gasteiger partial charge in [-0.2, -0.15) is 0 Å². The number of carbonyl (C=O) groups excluding carboxylic acids is 1. The van der Waals surface area contributed by atoms with Gasteiger partial charge >= 0.3 is 5.97 Å². The van der Waals surface area contributed by atoms with E-state index in [1.165, 1.54) is 6.26 Å². The third kappa shape index (κ3) is 2.85. The summed E-state index contributed by atoms with van der Waals surface area (Å²) in [7, 11) is 0. The van der Waals surface area contributed by atoms with Crippen molar-refractivity contribution in [1.82, 2.24) is 0 Å². The molecule has 0 bridgehead atoms. The molecule has 2 heterocycles. The average molecular weight is 326 g/mol. The molecular weight excluding hydrogens is 308 g/mol. The van der Waals surface area contributed by atoms with Crippen molar-refractivity contribution >= 4 is 16.9 Å². The highest BCUT2D eigenvalue weighted by molar-refractivity contribution is 5.84. The predicted molar refractivity (Wildman–Crippen MR) is 90.0 cm³/mol. The summed E-state index contributed by atoms with van der Waals surface area (Å²) >= 11 is 0. The summed E-state index contributed by atoms with van der Waals surface area (Å²) in [6, 6.07) is 8.73. The number of hydrogen-bond acceptors (Lipinski definition) is 5. The summed E-state index contributed by atoms with van der Waals surface area (Å²) in [5, 5.41) is 0.385. The fourth-order valence-corrected chi connectivity index (χ4v) is 2.33. The maximum atomic E-state index is 12.9. The van der Waals surface area contributed by atoms with E-state index in [9.17, 15) is 9.59 Å². The molecule has 124 valence electrons. The van der Waals surface area contributed by atoms with Crippen LogP contribution >= 0.6 is 0 Å². The van der Waals surface area contributed by atoms with Gasteiger partial charge in [0.2, 0.25) is 16.9 Å². The summed E-state index contributed by atoms with van der Waals surface area (Å²) in [6.07, 6.45) is 2.25. The van der Waals surface area contributed by atoms with Crippen molar-refractivity contribution < 1.29 is 18.4 Å². The lowest BCUT2D eigenvalue weighted by Crippen LogP contribution is -2.20. The van der Waals surface area contributed by atoms with E-state index in [0.717, 1.165) is 12.0 Å². The van der Waals surface area contributed by atoms with Gasteiger partial charge in [-0.1, -0.05) is 26.8 Å². The molecule has 24 heavy (non-hydrogen) atoms. The van der Waals surface area contributed by atoms with Crippen LogP contribution in [0.1, 0.15) is 26.3 Å². The molecule has 5 nitrogen and oxygen atoms in total. The molecule has 0 saturated carbocycles. The van der Waals surface area contributed by atoms with Gasteiger partial charge in [-0.15, -0.1) is 0 Å². The first-order valence-electron chi connectivity index (χ1n) is 7.86. The minimum absolute atomic E-state index is 0.121. The van der Waals surface area contributed by atoms with E-state index in [1.54, 1.807) is 38.1 Å². The third-order valence-electron chi connectivity index (χ3n) is 3.74. The van der Waals surface area contributed by atoms with Gasteiger partial charge in [-0.05, 0) is 36.2 Å². The second-order valence-corrected chi connectivity index (χ2v) is 5.83. The monoisotopic (exact) mass is 326 g/mol. The second kappa shape index (κ2) is 6.35. The van der Waals surface area contributed by atoms with Crippen LogP contribution in [0.4, 0.5) is 0 Å². The molecule has 5 heteroatoms. The summed E-state index contributed by atoms with van der Waals surface area (Å²) in [4.78, 5) is 24.9. The Morgan fingerprint density at radius 1 is 1.25 bits per heavy atom. The van der Waals surface area contributed by atoms with E-state index < -0.39 is 5.97 Å². The highest BCUT2D eigenvalue weighted by Crippen LogP contribution is 2.31. The largest absolute Gasteiger partial charge is 0.461 e. The van der Waals surface area contributed by atoms with Crippen molar-refractivity contribution in [2.45, 2.75) is 27.2 Å². The van der Waals surface area contributed by atoms with E-state index in [-0.39, 0.29) is 22.9 Å². The molecule has 3 rings (SSSR count). The number of aryl methyl sites for hydroxylation is 1. The van der Waals surface area contributed by atoms with Crippen LogP contribution in [0.3, 0.4) is 0 Å². The SMILES string of the molecule is CCc1ccc2oc(-c3ccco3)c(OC(=O)C(C)C)c(=O)c2c1. The molecule has 0 N–H and O–H groups in total. The van der Waals surface area contributed by atoms with Crippen molar-refractivity contribution in [2.75, 3.05) is 0 Å². The quantitative estimate of drug-likeness (QED) is 0.673. The number of rotatable bonds is 4. The van der Waals surface area contributed by atoms with Gasteiger partial charge in [0.05, 0.1) is 17.6 Å². The normalized spacial score (nSPS) is 11.2. The van der Waals surface area contributed by atoms with Gasteiger partial charge in [0.25, 0.3) is 0 Å². The summed E-state index contributed by atoms with van der Waals surface area (Å²) in [5.74, 6) is -0.548. The van der Waals surface area contributed by atoms with E-state index >= 15 is 0 Å². The van der Waals surface area contributed by atoms with Gasteiger partial charge in [0.15, 0.2) is 5.76 Å². The maximum Gasteiger partial charge on any atom is 0.314 e. The van der Waals surface area contributed by atoms with Crippen molar-refractivity contribution in [3.05, 3.63) is 52.4 Å². The van der Waals surface area contributed by atoms with Crippen LogP contribution in [0.15, 0.2) is 50.2 Å². The first-order chi connectivity index (χ1) is 11.5. The number of benzene rings is 1. The first kappa shape index (κ1) is 16.1. The lowest BCUT2D eigenvalue weighted by Gasteiger charge is -2.10. The predicted octanol–water partition coefficient (Wildman–Crippen LogP) is 4.18. The molecule has 0 atom stereocenters. The van der Waals surface area contributed by atoms with Crippen LogP contribution in [-0.4, -0.2) is 5.97 Å². The summed E-state index contributed by atoms with van der Waals surface area (Å²) < 4.78 is 16.5. The van der Waals surface area contributed by atoms with Crippen LogP contribution < -0.4 is 10.2 Å². The van der Waals surface area contributed by atoms with E-state index in [4.69, 9.17) is 13.6 Å². The molecule has 3 aromatic rings. The Hall–Kier alpha value is -2.82. The topological polar surface area (TPSA) is 69.7 Å². The Balaban J connectivity index is 2.27. The molecule has 0 spiro atoms. The average Bonchev–Trinajstić information content (AvgIpc) is 3.11. The Kier molecular flexibility index (Phi) is 4.25. The van der Waals surface area contributed by atoms with Crippen molar-refractivity contribution in [3.8, 4) is 17.3 Å². The minimum Gasteiger partial charge on any atom is -0.461 e. The molecule has 1 aromatic carbocycles. The zero-order valence-electron chi connectivity index (χ0n) is 13.8. The van der Waals surface area contributed by atoms with Crippen molar-refractivity contribution in [2.24, 2.45) is 5.92 Å². The zero-order valence-corrected chi connectivity index (χ0v) is 13.8. The Morgan fingerprint density at radius 3 is 2.67 bits per heavy atom. The van der Waals surface area contributed by atoms with Crippen LogP contribution in [0.2, 0.25) is 0 Å². The standard InChI is InChI=1S/C19H18O5/c1-4-12-7-8-14-13(10-12)16(20)18(24-19(21)11(2)3)17(23-14)15-6-5-9-22-15/h5-11H,4H2,1-3H3. The van der Waals surface area contributed by atoms with Crippen LogP contribution in [-0.2, 0) is 11.2 Å². The van der Waals surface area contributed by atoms with Gasteiger partial charge in [-0.25, -0.2) is 0 Å². The fraction of sp³-hybridized carbons (Fsp3) is 0.263. The molecule has 0 saturated heterocycles. The number of ether oxygens (including phenoxy) is 1. The minimum atomic E-state index is -0.499. The Labute approximate surface area is 138 Å². The number of hydrogen-bond donors (Lipinski definition) is 0. The van der Waals surface area contributed by atoms with Crippen molar-refractivity contribution in [1.29, 1.82) is 0 Å². The van der Waals surface area contributed by atoms with Gasteiger partial charge < -0.3 is 13.6 Å². The highest BCUT2D eigenvalue weighted by atomic mass is 16.5. The zero-order chi connectivity index (χ0) is 17.3. The van der Waals surface area contributed by atoms with Gasteiger partial charge in [0, 0.05) is 0 Å². The summed E-state index contributed by atoms with van der Waals surface area (Å²) in [6.45, 7) is 5.40. The van der Waals surface area contributed by atoms with Gasteiger partial charge in [0.1, 0.15) is 5.58 Å². The van der Waals surface area contributed by atoms with Gasteiger partial charge in [-0.3, -0.25) is 9.59 Å². The molecule has 0 unspecified atom stereocenters. The lowest BCUT2D eigenvalue weighted by atomic mass is 10.1. The number of carbonyl (C=O) groups is 1. The molecule has 0 aliphatic heterocycles. The van der Waals surface area contributed by atoms with Crippen LogP contribution in [0.5, 0.6) is 5.75 Å². The molecule has 0 aliphatic carbocycles. The highest BCUT2D eigenvalue weighted by Gasteiger charge is 2.23. The Morgan fingerprint density at radius 2 is 2.04 bits per heavy atom. The smallest absolute Gasteiger partial charge is 0.314 e. The molecule has 0 fully saturated rings. The first-order valence-corrected chi connectivity index (χ1v) is 7.86. The van der Waals surface area contributed by atoms with Crippen LogP contribution in [0, 0.1) is 5.92 Å². The molecular formula is C19H18O5. The Bertz CT molecular complexity index is 932. The second-order valence-electron chi connectivity index (χ2n) is 5.83. The van der Waals surface area contributed by atoms with E-state index in [2.05, 4.69) is 0 Å². The van der Waals surface area contributed by atoms with Crippen molar-refractivity contribution in [3.63, 3.8) is 0 Å². The van der Waals surface area contributed by atoms with E-state index in [0.29, 0.717) is 16.7 Å². The van der Waals surface area contributed by atoms with E-state index in [1.807, 2.05) is 13.0 Å². The summed E-state index contributed by atoms with van der Waals surface area (Å²) in [5.41, 5.74) is 1.04. The molecule has 0 radical (unpaired) electrons. The maximum absolute atomic E-state index is 12.9. The third-order valence-corrected chi connectivity index (χ3v) is 3.74.